The molecule has 0 fully saturated rings. The molecule has 0 spiro atoms. The molecule has 3 aromatic rings. The Morgan fingerprint density at radius 2 is 1.63 bits per heavy atom. The van der Waals surface area contributed by atoms with Crippen LogP contribution in [0.25, 0.3) is 6.08 Å². The van der Waals surface area contributed by atoms with E-state index in [9.17, 15) is 9.90 Å². The van der Waals surface area contributed by atoms with Gasteiger partial charge in [0.05, 0.1) is 30.9 Å². The summed E-state index contributed by atoms with van der Waals surface area (Å²) in [5.74, 6) is 1.37. The van der Waals surface area contributed by atoms with Crippen molar-refractivity contribution in [3.05, 3.63) is 94.4 Å². The van der Waals surface area contributed by atoms with E-state index in [2.05, 4.69) is 4.99 Å². The second-order valence-corrected chi connectivity index (χ2v) is 8.99. The van der Waals surface area contributed by atoms with Crippen molar-refractivity contribution < 1.29 is 19.4 Å². The predicted molar refractivity (Wildman–Crippen MR) is 138 cm³/mol. The fourth-order valence-corrected chi connectivity index (χ4v) is 4.92. The van der Waals surface area contributed by atoms with Crippen LogP contribution in [0.1, 0.15) is 29.2 Å². The topological polar surface area (TPSA) is 83.7 Å². The van der Waals surface area contributed by atoms with Crippen LogP contribution in [-0.2, 0) is 4.79 Å². The first-order chi connectivity index (χ1) is 17.1. The van der Waals surface area contributed by atoms with Crippen molar-refractivity contribution in [1.29, 1.82) is 0 Å². The Morgan fingerprint density at radius 1 is 0.971 bits per heavy atom. The number of nitrogens with zero attached hydrogens (tertiary/aromatic N) is 3. The molecule has 35 heavy (non-hydrogen) atoms. The SMILES string of the molecule is COc1ccc(/C=C2\SC(N3N=C(c4ccc(OC)cc4)CC3c3ccccc3O)=NC2=O)cc1. The molecule has 2 aliphatic heterocycles. The molecule has 2 heterocycles. The van der Waals surface area contributed by atoms with Crippen LogP contribution in [-0.4, -0.2) is 41.1 Å². The van der Waals surface area contributed by atoms with Gasteiger partial charge >= 0.3 is 0 Å². The van der Waals surface area contributed by atoms with Gasteiger partial charge in [-0.2, -0.15) is 10.1 Å². The van der Waals surface area contributed by atoms with E-state index >= 15 is 0 Å². The van der Waals surface area contributed by atoms with Gasteiger partial charge in [0, 0.05) is 12.0 Å². The number of hydrogen-bond acceptors (Lipinski definition) is 7. The standard InChI is InChI=1S/C27H23N3O4S/c1-33-19-11-7-17(8-12-19)15-25-26(32)28-27(35-25)30-23(21-5-3-4-6-24(21)31)16-22(29-30)18-9-13-20(34-2)14-10-18/h3-15,23,31H,16H2,1-2H3/b25-15-. The van der Waals surface area contributed by atoms with E-state index in [1.165, 1.54) is 11.8 Å². The minimum Gasteiger partial charge on any atom is -0.508 e. The Hall–Kier alpha value is -4.04. The van der Waals surface area contributed by atoms with Crippen LogP contribution in [0.2, 0.25) is 0 Å². The number of carbonyl (C=O) groups excluding carboxylic acids is 1. The summed E-state index contributed by atoms with van der Waals surface area (Å²) in [6, 6.07) is 22.0. The van der Waals surface area contributed by atoms with Gasteiger partial charge in [-0.25, -0.2) is 5.01 Å². The number of amidine groups is 1. The lowest BCUT2D eigenvalue weighted by Crippen LogP contribution is -2.23. The molecule has 176 valence electrons. The highest BCUT2D eigenvalue weighted by molar-refractivity contribution is 8.18. The Balaban J connectivity index is 1.47. The van der Waals surface area contributed by atoms with Gasteiger partial charge in [0.15, 0.2) is 5.17 Å². The molecule has 1 N–H and O–H groups in total. The molecule has 1 unspecified atom stereocenters. The van der Waals surface area contributed by atoms with Crippen LogP contribution in [0.5, 0.6) is 17.2 Å². The van der Waals surface area contributed by atoms with Crippen LogP contribution in [0, 0.1) is 0 Å². The zero-order valence-electron chi connectivity index (χ0n) is 19.2. The molecule has 1 amide bonds. The van der Waals surface area contributed by atoms with Crippen molar-refractivity contribution >= 4 is 34.6 Å². The van der Waals surface area contributed by atoms with Gasteiger partial charge in [-0.3, -0.25) is 4.79 Å². The first kappa shape index (κ1) is 22.7. The number of ether oxygens (including phenoxy) is 2. The van der Waals surface area contributed by atoms with Crippen molar-refractivity contribution in [3.8, 4) is 17.2 Å². The predicted octanol–water partition coefficient (Wildman–Crippen LogP) is 5.23. The monoisotopic (exact) mass is 485 g/mol. The van der Waals surface area contributed by atoms with E-state index in [1.54, 1.807) is 31.4 Å². The number of aliphatic imine (C=N–C) groups is 1. The molecule has 0 saturated heterocycles. The molecule has 5 rings (SSSR count). The number of hydrazone groups is 1. The van der Waals surface area contributed by atoms with E-state index < -0.39 is 0 Å². The number of rotatable bonds is 5. The summed E-state index contributed by atoms with van der Waals surface area (Å²) in [7, 11) is 3.24. The van der Waals surface area contributed by atoms with Gasteiger partial charge in [-0.1, -0.05) is 30.3 Å². The molecule has 0 saturated carbocycles. The summed E-state index contributed by atoms with van der Waals surface area (Å²) in [5, 5.41) is 17.6. The molecule has 0 aliphatic carbocycles. The lowest BCUT2D eigenvalue weighted by molar-refractivity contribution is -0.113. The van der Waals surface area contributed by atoms with Crippen LogP contribution >= 0.6 is 11.8 Å². The number of thioether (sulfide) groups is 1. The van der Waals surface area contributed by atoms with E-state index in [4.69, 9.17) is 14.6 Å². The smallest absolute Gasteiger partial charge is 0.286 e. The molecular weight excluding hydrogens is 462 g/mol. The largest absolute Gasteiger partial charge is 0.508 e. The summed E-state index contributed by atoms with van der Waals surface area (Å²) in [5.41, 5.74) is 3.38. The number of methoxy groups -OCH3 is 2. The summed E-state index contributed by atoms with van der Waals surface area (Å²) in [6.07, 6.45) is 2.36. The number of para-hydroxylation sites is 1. The fourth-order valence-electron chi connectivity index (χ4n) is 4.00. The first-order valence-corrected chi connectivity index (χ1v) is 11.8. The van der Waals surface area contributed by atoms with Crippen molar-refractivity contribution in [1.82, 2.24) is 5.01 Å². The molecule has 8 heteroatoms. The molecule has 0 bridgehead atoms. The number of amides is 1. The van der Waals surface area contributed by atoms with Crippen LogP contribution < -0.4 is 9.47 Å². The molecule has 1 atom stereocenters. The van der Waals surface area contributed by atoms with Crippen LogP contribution in [0.4, 0.5) is 0 Å². The fraction of sp³-hybridized carbons (Fsp3) is 0.148. The molecule has 2 aliphatic rings. The second-order valence-electron chi connectivity index (χ2n) is 7.98. The van der Waals surface area contributed by atoms with Crippen molar-refractivity contribution in [3.63, 3.8) is 0 Å². The first-order valence-electron chi connectivity index (χ1n) is 11.0. The third-order valence-corrected chi connectivity index (χ3v) is 6.82. The maximum atomic E-state index is 12.8. The summed E-state index contributed by atoms with van der Waals surface area (Å²) >= 11 is 1.28. The van der Waals surface area contributed by atoms with Gasteiger partial charge in [0.1, 0.15) is 17.2 Å². The minimum atomic E-state index is -0.315. The van der Waals surface area contributed by atoms with Gasteiger partial charge in [0.25, 0.3) is 5.91 Å². The Kier molecular flexibility index (Phi) is 6.29. The van der Waals surface area contributed by atoms with E-state index in [1.807, 2.05) is 66.7 Å². The normalized spacial score (nSPS) is 18.6. The van der Waals surface area contributed by atoms with E-state index in [0.717, 1.165) is 33.9 Å². The van der Waals surface area contributed by atoms with Gasteiger partial charge in [-0.05, 0) is 71.4 Å². The zero-order valence-corrected chi connectivity index (χ0v) is 20.0. The third-order valence-electron chi connectivity index (χ3n) is 5.85. The number of hydrogen-bond donors (Lipinski definition) is 1. The van der Waals surface area contributed by atoms with Gasteiger partial charge < -0.3 is 14.6 Å². The Labute approximate surface area is 207 Å². The molecule has 0 aromatic heterocycles. The highest BCUT2D eigenvalue weighted by atomic mass is 32.2. The highest BCUT2D eigenvalue weighted by Crippen LogP contribution is 2.41. The maximum Gasteiger partial charge on any atom is 0.286 e. The third kappa shape index (κ3) is 4.65. The van der Waals surface area contributed by atoms with Gasteiger partial charge in [0.2, 0.25) is 0 Å². The number of phenolic OH excluding ortho intramolecular Hbond substituents is 1. The summed E-state index contributed by atoms with van der Waals surface area (Å²) in [6.45, 7) is 0. The minimum absolute atomic E-state index is 0.178. The highest BCUT2D eigenvalue weighted by Gasteiger charge is 2.37. The second kappa shape index (κ2) is 9.68. The van der Waals surface area contributed by atoms with E-state index in [-0.39, 0.29) is 17.7 Å². The number of aromatic hydroxyl groups is 1. The molecule has 7 nitrogen and oxygen atoms in total. The lowest BCUT2D eigenvalue weighted by Gasteiger charge is -2.23. The van der Waals surface area contributed by atoms with Crippen molar-refractivity contribution in [2.75, 3.05) is 14.2 Å². The lowest BCUT2D eigenvalue weighted by atomic mass is 9.98. The van der Waals surface area contributed by atoms with Gasteiger partial charge in [-0.15, -0.1) is 0 Å². The summed E-state index contributed by atoms with van der Waals surface area (Å²) < 4.78 is 10.5. The number of phenols is 1. The molecule has 3 aromatic carbocycles. The Bertz CT molecular complexity index is 1350. The molecule has 0 radical (unpaired) electrons. The zero-order chi connectivity index (χ0) is 24.4. The quantitative estimate of drug-likeness (QED) is 0.498. The van der Waals surface area contributed by atoms with E-state index in [0.29, 0.717) is 16.5 Å². The Morgan fingerprint density at radius 3 is 2.29 bits per heavy atom. The average molecular weight is 486 g/mol. The summed E-state index contributed by atoms with van der Waals surface area (Å²) in [4.78, 5) is 17.6. The number of carbonyl (C=O) groups is 1. The van der Waals surface area contributed by atoms with Crippen molar-refractivity contribution in [2.45, 2.75) is 12.5 Å². The average Bonchev–Trinajstić information content (AvgIpc) is 3.49. The maximum absolute atomic E-state index is 12.8. The number of benzene rings is 3. The van der Waals surface area contributed by atoms with Crippen molar-refractivity contribution in [2.24, 2.45) is 10.1 Å². The van der Waals surface area contributed by atoms with Crippen LogP contribution in [0.3, 0.4) is 0 Å². The molecular formula is C27H23N3O4S. The van der Waals surface area contributed by atoms with Crippen LogP contribution in [0.15, 0.2) is 87.8 Å².